The van der Waals surface area contributed by atoms with Gasteiger partial charge in [0.05, 0.1) is 4.92 Å². The first kappa shape index (κ1) is 14.4. The Morgan fingerprint density at radius 3 is 2.52 bits per heavy atom. The van der Waals surface area contributed by atoms with E-state index in [9.17, 15) is 19.3 Å². The number of hydrogen-bond acceptors (Lipinski definition) is 4. The summed E-state index contributed by atoms with van der Waals surface area (Å²) in [5, 5.41) is 22.6. The summed E-state index contributed by atoms with van der Waals surface area (Å²) in [5.41, 5.74) is 0.514. The molecule has 0 saturated heterocycles. The fourth-order valence-corrected chi connectivity index (χ4v) is 1.92. The SMILES string of the molecule is Cc1cc(F)cc(Nc2ccc([N+](=O)[O-])c(C(=O)O)c2)c1. The number of nitrogens with zero attached hydrogens (tertiary/aromatic N) is 1. The Kier molecular flexibility index (Phi) is 3.84. The average molecular weight is 290 g/mol. The van der Waals surface area contributed by atoms with Gasteiger partial charge in [-0.15, -0.1) is 0 Å². The molecule has 2 rings (SSSR count). The van der Waals surface area contributed by atoms with Crippen LogP contribution in [0.15, 0.2) is 36.4 Å². The number of aromatic carboxylic acids is 1. The molecular weight excluding hydrogens is 279 g/mol. The van der Waals surface area contributed by atoms with Crippen molar-refractivity contribution in [2.24, 2.45) is 0 Å². The summed E-state index contributed by atoms with van der Waals surface area (Å²) in [7, 11) is 0. The zero-order chi connectivity index (χ0) is 15.6. The van der Waals surface area contributed by atoms with Gasteiger partial charge in [0, 0.05) is 17.4 Å². The Labute approximate surface area is 119 Å². The van der Waals surface area contributed by atoms with Crippen LogP contribution in [0.1, 0.15) is 15.9 Å². The summed E-state index contributed by atoms with van der Waals surface area (Å²) >= 11 is 0. The molecule has 0 heterocycles. The number of benzene rings is 2. The van der Waals surface area contributed by atoms with Crippen molar-refractivity contribution in [1.29, 1.82) is 0 Å². The molecule has 0 bridgehead atoms. The summed E-state index contributed by atoms with van der Waals surface area (Å²) in [4.78, 5) is 21.0. The highest BCUT2D eigenvalue weighted by molar-refractivity contribution is 5.93. The fourth-order valence-electron chi connectivity index (χ4n) is 1.92. The maximum atomic E-state index is 13.3. The number of rotatable bonds is 4. The van der Waals surface area contributed by atoms with E-state index in [2.05, 4.69) is 5.32 Å². The van der Waals surface area contributed by atoms with Crippen LogP contribution in [-0.4, -0.2) is 16.0 Å². The molecule has 0 aromatic heterocycles. The van der Waals surface area contributed by atoms with Crippen LogP contribution < -0.4 is 5.32 Å². The lowest BCUT2D eigenvalue weighted by Gasteiger charge is -2.08. The number of nitro benzene ring substituents is 1. The van der Waals surface area contributed by atoms with Crippen molar-refractivity contribution in [3.05, 3.63) is 63.5 Å². The molecule has 0 aliphatic heterocycles. The Balaban J connectivity index is 2.39. The van der Waals surface area contributed by atoms with E-state index in [4.69, 9.17) is 5.11 Å². The molecule has 6 nitrogen and oxygen atoms in total. The van der Waals surface area contributed by atoms with Gasteiger partial charge in [-0.2, -0.15) is 0 Å². The molecule has 0 aliphatic carbocycles. The lowest BCUT2D eigenvalue weighted by Crippen LogP contribution is -2.03. The van der Waals surface area contributed by atoms with Crippen molar-refractivity contribution in [3.8, 4) is 0 Å². The van der Waals surface area contributed by atoms with Gasteiger partial charge in [0.15, 0.2) is 0 Å². The van der Waals surface area contributed by atoms with E-state index < -0.39 is 28.0 Å². The standard InChI is InChI=1S/C14H11FN2O4/c1-8-4-9(15)6-11(5-8)16-10-2-3-13(17(20)21)12(7-10)14(18)19/h2-7,16H,1H3,(H,18,19). The van der Waals surface area contributed by atoms with Crippen molar-refractivity contribution >= 4 is 23.0 Å². The van der Waals surface area contributed by atoms with E-state index in [0.29, 0.717) is 16.9 Å². The summed E-state index contributed by atoms with van der Waals surface area (Å²) in [5.74, 6) is -1.83. The Bertz CT molecular complexity index is 711. The van der Waals surface area contributed by atoms with E-state index in [1.807, 2.05) is 0 Å². The summed E-state index contributed by atoms with van der Waals surface area (Å²) in [6.45, 7) is 1.72. The first-order chi connectivity index (χ1) is 9.86. The number of carboxylic acid groups (broad SMARTS) is 1. The number of nitrogens with one attached hydrogen (secondary N) is 1. The van der Waals surface area contributed by atoms with Gasteiger partial charge in [-0.1, -0.05) is 0 Å². The molecule has 2 N–H and O–H groups in total. The van der Waals surface area contributed by atoms with Crippen LogP contribution in [0.2, 0.25) is 0 Å². The molecule has 0 fully saturated rings. The molecule has 0 amide bonds. The molecular formula is C14H11FN2O4. The third kappa shape index (κ3) is 3.33. The number of carboxylic acids is 1. The van der Waals surface area contributed by atoms with Crippen molar-refractivity contribution in [2.45, 2.75) is 6.92 Å². The van der Waals surface area contributed by atoms with Crippen LogP contribution in [0.3, 0.4) is 0 Å². The van der Waals surface area contributed by atoms with Gasteiger partial charge in [0.1, 0.15) is 11.4 Å². The maximum absolute atomic E-state index is 13.3. The van der Waals surface area contributed by atoms with E-state index in [1.54, 1.807) is 13.0 Å². The normalized spacial score (nSPS) is 10.2. The van der Waals surface area contributed by atoms with Gasteiger partial charge in [0.25, 0.3) is 5.69 Å². The topological polar surface area (TPSA) is 92.5 Å². The first-order valence-corrected chi connectivity index (χ1v) is 5.93. The lowest BCUT2D eigenvalue weighted by atomic mass is 10.1. The number of aryl methyl sites for hydroxylation is 1. The molecule has 0 atom stereocenters. The van der Waals surface area contributed by atoms with Gasteiger partial charge in [-0.3, -0.25) is 10.1 Å². The summed E-state index contributed by atoms with van der Waals surface area (Å²) in [6, 6.07) is 7.87. The van der Waals surface area contributed by atoms with E-state index in [0.717, 1.165) is 12.1 Å². The highest BCUT2D eigenvalue weighted by Gasteiger charge is 2.20. The van der Waals surface area contributed by atoms with Gasteiger partial charge in [0.2, 0.25) is 0 Å². The average Bonchev–Trinajstić information content (AvgIpc) is 2.36. The molecule has 108 valence electrons. The van der Waals surface area contributed by atoms with Crippen LogP contribution in [0.4, 0.5) is 21.5 Å². The molecule has 7 heteroatoms. The van der Waals surface area contributed by atoms with E-state index >= 15 is 0 Å². The minimum Gasteiger partial charge on any atom is -0.477 e. The Hall–Kier alpha value is -2.96. The number of anilines is 2. The Morgan fingerprint density at radius 1 is 1.24 bits per heavy atom. The van der Waals surface area contributed by atoms with Crippen molar-refractivity contribution in [3.63, 3.8) is 0 Å². The van der Waals surface area contributed by atoms with Crippen LogP contribution in [0.25, 0.3) is 0 Å². The van der Waals surface area contributed by atoms with Gasteiger partial charge in [-0.25, -0.2) is 9.18 Å². The van der Waals surface area contributed by atoms with E-state index in [1.165, 1.54) is 18.2 Å². The molecule has 0 radical (unpaired) electrons. The number of halogens is 1. The predicted octanol–water partition coefficient (Wildman–Crippen LogP) is 3.48. The molecule has 0 aliphatic rings. The molecule has 21 heavy (non-hydrogen) atoms. The van der Waals surface area contributed by atoms with Crippen molar-refractivity contribution < 1.29 is 19.2 Å². The second-order valence-corrected chi connectivity index (χ2v) is 4.44. The largest absolute Gasteiger partial charge is 0.477 e. The third-order valence-electron chi connectivity index (χ3n) is 2.75. The van der Waals surface area contributed by atoms with Crippen LogP contribution in [-0.2, 0) is 0 Å². The molecule has 2 aromatic rings. The molecule has 0 spiro atoms. The fraction of sp³-hybridized carbons (Fsp3) is 0.0714. The van der Waals surface area contributed by atoms with Gasteiger partial charge in [-0.05, 0) is 42.8 Å². The Morgan fingerprint density at radius 2 is 1.95 bits per heavy atom. The minimum atomic E-state index is -1.40. The summed E-state index contributed by atoms with van der Waals surface area (Å²) < 4.78 is 13.3. The first-order valence-electron chi connectivity index (χ1n) is 5.93. The van der Waals surface area contributed by atoms with E-state index in [-0.39, 0.29) is 0 Å². The highest BCUT2D eigenvalue weighted by Crippen LogP contribution is 2.25. The highest BCUT2D eigenvalue weighted by atomic mass is 19.1. The van der Waals surface area contributed by atoms with Crippen molar-refractivity contribution in [1.82, 2.24) is 0 Å². The second kappa shape index (κ2) is 5.58. The molecule has 0 unspecified atom stereocenters. The monoisotopic (exact) mass is 290 g/mol. The quantitative estimate of drug-likeness (QED) is 0.664. The van der Waals surface area contributed by atoms with Gasteiger partial charge < -0.3 is 10.4 Å². The van der Waals surface area contributed by atoms with Crippen LogP contribution in [0, 0.1) is 22.9 Å². The molecule has 0 saturated carbocycles. The summed E-state index contributed by atoms with van der Waals surface area (Å²) in [6.07, 6.45) is 0. The van der Waals surface area contributed by atoms with Gasteiger partial charge >= 0.3 is 5.97 Å². The zero-order valence-corrected chi connectivity index (χ0v) is 11.0. The zero-order valence-electron chi connectivity index (χ0n) is 11.0. The lowest BCUT2D eigenvalue weighted by molar-refractivity contribution is -0.385. The minimum absolute atomic E-state index is 0.322. The third-order valence-corrected chi connectivity index (χ3v) is 2.75. The van der Waals surface area contributed by atoms with Crippen molar-refractivity contribution in [2.75, 3.05) is 5.32 Å². The number of carbonyl (C=O) groups is 1. The smallest absolute Gasteiger partial charge is 0.342 e. The maximum Gasteiger partial charge on any atom is 0.342 e. The number of hydrogen-bond donors (Lipinski definition) is 2. The van der Waals surface area contributed by atoms with Crippen LogP contribution in [0.5, 0.6) is 0 Å². The predicted molar refractivity (Wildman–Crippen MR) is 74.5 cm³/mol. The second-order valence-electron chi connectivity index (χ2n) is 4.44. The molecule has 2 aromatic carbocycles. The van der Waals surface area contributed by atoms with Crippen LogP contribution >= 0.6 is 0 Å². The number of nitro groups is 1.